The molecule has 0 bridgehead atoms. The van der Waals surface area contributed by atoms with E-state index in [4.69, 9.17) is 4.74 Å². The Balaban J connectivity index is 1.89. The first kappa shape index (κ1) is 11.1. The van der Waals surface area contributed by atoms with E-state index in [1.165, 1.54) is 10.9 Å². The minimum atomic E-state index is 0.808. The lowest BCUT2D eigenvalue weighted by atomic mass is 10.2. The number of methoxy groups -OCH3 is 1. The molecule has 2 N–H and O–H groups in total. The van der Waals surface area contributed by atoms with E-state index in [0.29, 0.717) is 0 Å². The van der Waals surface area contributed by atoms with Gasteiger partial charge in [0, 0.05) is 38.0 Å². The summed E-state index contributed by atoms with van der Waals surface area (Å²) in [5.74, 6) is 0. The van der Waals surface area contributed by atoms with Gasteiger partial charge in [0.25, 0.3) is 0 Å². The molecule has 4 nitrogen and oxygen atoms in total. The predicted molar refractivity (Wildman–Crippen MR) is 64.3 cm³/mol. The molecule has 0 atom stereocenters. The first-order chi connectivity index (χ1) is 7.92. The van der Waals surface area contributed by atoms with Gasteiger partial charge in [0.15, 0.2) is 0 Å². The van der Waals surface area contributed by atoms with E-state index in [2.05, 4.69) is 21.4 Å². The summed E-state index contributed by atoms with van der Waals surface area (Å²) in [6, 6.07) is 4.05. The fourth-order valence-corrected chi connectivity index (χ4v) is 1.72. The van der Waals surface area contributed by atoms with Crippen LogP contribution in [0.2, 0.25) is 0 Å². The van der Waals surface area contributed by atoms with Gasteiger partial charge in [-0.1, -0.05) is 0 Å². The number of nitrogens with zero attached hydrogens (tertiary/aromatic N) is 1. The zero-order valence-corrected chi connectivity index (χ0v) is 9.49. The van der Waals surface area contributed by atoms with Crippen molar-refractivity contribution in [2.75, 3.05) is 20.3 Å². The molecule has 0 saturated carbocycles. The van der Waals surface area contributed by atoms with Gasteiger partial charge in [-0.3, -0.25) is 0 Å². The Labute approximate surface area is 95.0 Å². The number of hydrogen-bond donors (Lipinski definition) is 2. The number of hydrogen-bond acceptors (Lipinski definition) is 3. The highest BCUT2D eigenvalue weighted by Crippen LogP contribution is 2.14. The van der Waals surface area contributed by atoms with Crippen LogP contribution in [0, 0.1) is 0 Å². The van der Waals surface area contributed by atoms with E-state index in [-0.39, 0.29) is 0 Å². The standard InChI is InChI=1S/C12H17N3O/c1-16-7-3-5-13-8-10-9-15-12-11(10)4-2-6-14-12/h2,4,6,9,13H,3,5,7-8H2,1H3,(H,14,15). The third-order valence-corrected chi connectivity index (χ3v) is 2.55. The van der Waals surface area contributed by atoms with Crippen LogP contribution in [0.3, 0.4) is 0 Å². The second-order valence-corrected chi connectivity index (χ2v) is 3.74. The number of H-pyrrole nitrogens is 1. The molecule has 0 aliphatic rings. The van der Waals surface area contributed by atoms with Crippen LogP contribution in [0.1, 0.15) is 12.0 Å². The number of aromatic amines is 1. The molecule has 0 aromatic carbocycles. The Morgan fingerprint density at radius 2 is 2.44 bits per heavy atom. The van der Waals surface area contributed by atoms with Crippen LogP contribution in [-0.2, 0) is 11.3 Å². The zero-order valence-electron chi connectivity index (χ0n) is 9.49. The van der Waals surface area contributed by atoms with Gasteiger partial charge in [-0.25, -0.2) is 4.98 Å². The van der Waals surface area contributed by atoms with Gasteiger partial charge in [0.1, 0.15) is 5.65 Å². The van der Waals surface area contributed by atoms with E-state index in [1.807, 2.05) is 12.3 Å². The molecule has 0 saturated heterocycles. The van der Waals surface area contributed by atoms with Crippen LogP contribution in [0.5, 0.6) is 0 Å². The summed E-state index contributed by atoms with van der Waals surface area (Å²) in [6.45, 7) is 2.65. The smallest absolute Gasteiger partial charge is 0.137 e. The second kappa shape index (κ2) is 5.63. The molecule has 0 aliphatic heterocycles. The Hall–Kier alpha value is -1.39. The van der Waals surface area contributed by atoms with Crippen molar-refractivity contribution in [3.8, 4) is 0 Å². The Bertz CT molecular complexity index is 439. The molecule has 86 valence electrons. The SMILES string of the molecule is COCCCNCc1c[nH]c2ncccc12. The molecule has 16 heavy (non-hydrogen) atoms. The van der Waals surface area contributed by atoms with E-state index >= 15 is 0 Å². The minimum absolute atomic E-state index is 0.808. The van der Waals surface area contributed by atoms with Crippen LogP contribution in [0.4, 0.5) is 0 Å². The van der Waals surface area contributed by atoms with Crippen molar-refractivity contribution in [1.82, 2.24) is 15.3 Å². The van der Waals surface area contributed by atoms with Gasteiger partial charge in [-0.05, 0) is 30.7 Å². The number of ether oxygens (including phenoxy) is 1. The lowest BCUT2D eigenvalue weighted by Gasteiger charge is -2.02. The monoisotopic (exact) mass is 219 g/mol. The molecule has 0 spiro atoms. The summed E-state index contributed by atoms with van der Waals surface area (Å²) in [5.41, 5.74) is 2.22. The van der Waals surface area contributed by atoms with Gasteiger partial charge in [-0.15, -0.1) is 0 Å². The quantitative estimate of drug-likeness (QED) is 0.727. The average Bonchev–Trinajstić information content (AvgIpc) is 2.73. The maximum absolute atomic E-state index is 4.99. The summed E-state index contributed by atoms with van der Waals surface area (Å²) in [5, 5.41) is 4.58. The van der Waals surface area contributed by atoms with Crippen LogP contribution >= 0.6 is 0 Å². The number of nitrogens with one attached hydrogen (secondary N) is 2. The normalized spacial score (nSPS) is 11.1. The van der Waals surface area contributed by atoms with Crippen molar-refractivity contribution >= 4 is 11.0 Å². The van der Waals surface area contributed by atoms with Crippen molar-refractivity contribution < 1.29 is 4.74 Å². The van der Waals surface area contributed by atoms with Crippen LogP contribution < -0.4 is 5.32 Å². The molecule has 2 aromatic rings. The van der Waals surface area contributed by atoms with Crippen molar-refractivity contribution in [3.63, 3.8) is 0 Å². The van der Waals surface area contributed by atoms with Crippen molar-refractivity contribution in [2.45, 2.75) is 13.0 Å². The minimum Gasteiger partial charge on any atom is -0.385 e. The fourth-order valence-electron chi connectivity index (χ4n) is 1.72. The Morgan fingerprint density at radius 3 is 3.31 bits per heavy atom. The van der Waals surface area contributed by atoms with E-state index < -0.39 is 0 Å². The number of pyridine rings is 1. The molecule has 0 unspecified atom stereocenters. The van der Waals surface area contributed by atoms with Crippen molar-refractivity contribution in [3.05, 3.63) is 30.1 Å². The van der Waals surface area contributed by atoms with Gasteiger partial charge >= 0.3 is 0 Å². The molecule has 0 aliphatic carbocycles. The highest BCUT2D eigenvalue weighted by Gasteiger charge is 2.02. The fraction of sp³-hybridized carbons (Fsp3) is 0.417. The molecule has 2 heterocycles. The highest BCUT2D eigenvalue weighted by atomic mass is 16.5. The van der Waals surface area contributed by atoms with Crippen LogP contribution in [0.15, 0.2) is 24.5 Å². The summed E-state index contributed by atoms with van der Waals surface area (Å²) in [4.78, 5) is 7.42. The average molecular weight is 219 g/mol. The Kier molecular flexibility index (Phi) is 3.91. The van der Waals surface area contributed by atoms with E-state index in [1.54, 1.807) is 13.3 Å². The molecule has 0 fully saturated rings. The van der Waals surface area contributed by atoms with Gasteiger partial charge in [0.2, 0.25) is 0 Å². The van der Waals surface area contributed by atoms with Gasteiger partial charge in [-0.2, -0.15) is 0 Å². The molecule has 0 radical (unpaired) electrons. The molecule has 2 aromatic heterocycles. The predicted octanol–water partition coefficient (Wildman–Crippen LogP) is 1.69. The highest BCUT2D eigenvalue weighted by molar-refractivity contribution is 5.79. The Morgan fingerprint density at radius 1 is 1.50 bits per heavy atom. The summed E-state index contributed by atoms with van der Waals surface area (Å²) in [6.07, 6.45) is 4.85. The lowest BCUT2D eigenvalue weighted by molar-refractivity contribution is 0.194. The van der Waals surface area contributed by atoms with Crippen molar-refractivity contribution in [1.29, 1.82) is 0 Å². The maximum Gasteiger partial charge on any atom is 0.137 e. The molecular weight excluding hydrogens is 202 g/mol. The summed E-state index contributed by atoms with van der Waals surface area (Å²) >= 11 is 0. The molecule has 4 heteroatoms. The molecular formula is C12H17N3O. The first-order valence-corrected chi connectivity index (χ1v) is 5.52. The second-order valence-electron chi connectivity index (χ2n) is 3.74. The first-order valence-electron chi connectivity index (χ1n) is 5.52. The van der Waals surface area contributed by atoms with Gasteiger partial charge in [0.05, 0.1) is 0 Å². The number of rotatable bonds is 6. The van der Waals surface area contributed by atoms with Crippen molar-refractivity contribution in [2.24, 2.45) is 0 Å². The maximum atomic E-state index is 4.99. The topological polar surface area (TPSA) is 49.9 Å². The third kappa shape index (κ3) is 2.59. The summed E-state index contributed by atoms with van der Waals surface area (Å²) < 4.78 is 4.99. The largest absolute Gasteiger partial charge is 0.385 e. The third-order valence-electron chi connectivity index (χ3n) is 2.55. The van der Waals surface area contributed by atoms with E-state index in [0.717, 1.165) is 31.8 Å². The zero-order chi connectivity index (χ0) is 11.2. The number of fused-ring (bicyclic) bond motifs is 1. The van der Waals surface area contributed by atoms with Crippen LogP contribution in [-0.4, -0.2) is 30.2 Å². The van der Waals surface area contributed by atoms with E-state index in [9.17, 15) is 0 Å². The molecule has 2 rings (SSSR count). The summed E-state index contributed by atoms with van der Waals surface area (Å²) in [7, 11) is 1.73. The molecule has 0 amide bonds. The lowest BCUT2D eigenvalue weighted by Crippen LogP contribution is -2.15. The number of aromatic nitrogens is 2. The van der Waals surface area contributed by atoms with Gasteiger partial charge < -0.3 is 15.0 Å². The van der Waals surface area contributed by atoms with Crippen LogP contribution in [0.25, 0.3) is 11.0 Å².